The third-order valence-corrected chi connectivity index (χ3v) is 6.04. The van der Waals surface area contributed by atoms with E-state index in [2.05, 4.69) is 20.8 Å². The number of rotatable bonds is 5. The quantitative estimate of drug-likeness (QED) is 0.638. The first kappa shape index (κ1) is 17.6. The van der Waals surface area contributed by atoms with Gasteiger partial charge in [-0.15, -0.1) is 11.3 Å². The molecule has 3 aromatic rings. The van der Waals surface area contributed by atoms with Gasteiger partial charge in [-0.1, -0.05) is 6.07 Å². The molecule has 1 atom stereocenters. The second kappa shape index (κ2) is 6.59. The van der Waals surface area contributed by atoms with E-state index < -0.39 is 16.6 Å². The Morgan fingerprint density at radius 3 is 2.92 bits per heavy atom. The Morgan fingerprint density at radius 2 is 2.24 bits per heavy atom. The number of anilines is 1. The van der Waals surface area contributed by atoms with Crippen LogP contribution in [0, 0.1) is 18.3 Å². The van der Waals surface area contributed by atoms with Crippen molar-refractivity contribution in [1.29, 1.82) is 5.26 Å². The standard InChI is InChI=1S/C17H18N4O2S2/c1-10-4-5-12(16-15(10)11(7-18)8-20-16)21-25(23)14-9-19-13(24-14)6-17(2,3)22/h4-5,8-9,20-22H,6H2,1-3H3. The average molecular weight is 374 g/mol. The Labute approximate surface area is 152 Å². The molecule has 0 aliphatic rings. The fourth-order valence-electron chi connectivity index (χ4n) is 2.57. The molecule has 0 saturated heterocycles. The number of aromatic amines is 1. The van der Waals surface area contributed by atoms with Crippen LogP contribution >= 0.6 is 11.3 Å². The molecule has 6 nitrogen and oxygen atoms in total. The van der Waals surface area contributed by atoms with Crippen molar-refractivity contribution in [2.75, 3.05) is 4.72 Å². The Bertz CT molecular complexity index is 992. The van der Waals surface area contributed by atoms with Crippen LogP contribution in [-0.2, 0) is 17.4 Å². The maximum absolute atomic E-state index is 12.6. The number of hydrogen-bond acceptors (Lipinski definition) is 5. The lowest BCUT2D eigenvalue weighted by Gasteiger charge is -2.14. The highest BCUT2D eigenvalue weighted by Gasteiger charge is 2.18. The van der Waals surface area contributed by atoms with E-state index >= 15 is 0 Å². The van der Waals surface area contributed by atoms with Crippen LogP contribution in [-0.4, -0.2) is 24.9 Å². The van der Waals surface area contributed by atoms with Gasteiger partial charge in [0.25, 0.3) is 0 Å². The molecular weight excluding hydrogens is 356 g/mol. The molecule has 8 heteroatoms. The summed E-state index contributed by atoms with van der Waals surface area (Å²) in [5, 5.41) is 20.7. The van der Waals surface area contributed by atoms with Gasteiger partial charge in [-0.25, -0.2) is 9.19 Å². The minimum Gasteiger partial charge on any atom is -0.390 e. The number of nitriles is 1. The molecule has 130 valence electrons. The first-order valence-corrected chi connectivity index (χ1v) is 9.61. The third kappa shape index (κ3) is 3.74. The lowest BCUT2D eigenvalue weighted by Crippen LogP contribution is -2.21. The molecule has 3 N–H and O–H groups in total. The fourth-order valence-corrected chi connectivity index (χ4v) is 4.78. The molecule has 3 rings (SSSR count). The maximum Gasteiger partial charge on any atom is 0.162 e. The van der Waals surface area contributed by atoms with Crippen LogP contribution in [0.3, 0.4) is 0 Å². The summed E-state index contributed by atoms with van der Waals surface area (Å²) in [6, 6.07) is 5.89. The molecule has 0 fully saturated rings. The Hall–Kier alpha value is -2.21. The first-order valence-electron chi connectivity index (χ1n) is 7.65. The number of aromatic nitrogens is 2. The van der Waals surface area contributed by atoms with Crippen LogP contribution in [0.5, 0.6) is 0 Å². The highest BCUT2D eigenvalue weighted by molar-refractivity contribution is 7.88. The van der Waals surface area contributed by atoms with Gasteiger partial charge in [-0.2, -0.15) is 5.26 Å². The summed E-state index contributed by atoms with van der Waals surface area (Å²) in [4.78, 5) is 7.31. The van der Waals surface area contributed by atoms with Crippen LogP contribution in [0.2, 0.25) is 0 Å². The van der Waals surface area contributed by atoms with E-state index in [1.807, 2.05) is 19.1 Å². The number of nitrogens with zero attached hydrogens (tertiary/aromatic N) is 2. The Kier molecular flexibility index (Phi) is 4.64. The number of H-pyrrole nitrogens is 1. The molecule has 0 spiro atoms. The van der Waals surface area contributed by atoms with E-state index in [1.54, 1.807) is 26.2 Å². The van der Waals surface area contributed by atoms with Gasteiger partial charge in [0.15, 0.2) is 11.0 Å². The van der Waals surface area contributed by atoms with Gasteiger partial charge in [0.1, 0.15) is 10.3 Å². The Balaban J connectivity index is 1.87. The normalized spacial score (nSPS) is 12.9. The summed E-state index contributed by atoms with van der Waals surface area (Å²) in [5.74, 6) is 0. The van der Waals surface area contributed by atoms with Crippen molar-refractivity contribution in [3.8, 4) is 6.07 Å². The van der Waals surface area contributed by atoms with Crippen molar-refractivity contribution in [3.63, 3.8) is 0 Å². The molecule has 0 saturated carbocycles. The van der Waals surface area contributed by atoms with E-state index in [0.717, 1.165) is 21.5 Å². The molecule has 0 bridgehead atoms. The third-order valence-electron chi connectivity index (χ3n) is 3.67. The van der Waals surface area contributed by atoms with E-state index in [0.29, 0.717) is 21.9 Å². The molecular formula is C17H18N4O2S2. The topological polar surface area (TPSA) is 102 Å². The van der Waals surface area contributed by atoms with Gasteiger partial charge in [0.2, 0.25) is 0 Å². The van der Waals surface area contributed by atoms with Crippen LogP contribution < -0.4 is 4.72 Å². The van der Waals surface area contributed by atoms with E-state index in [1.165, 1.54) is 11.3 Å². The summed E-state index contributed by atoms with van der Waals surface area (Å²) >= 11 is 1.31. The lowest BCUT2D eigenvalue weighted by molar-refractivity contribution is 0.0809. The van der Waals surface area contributed by atoms with Crippen LogP contribution in [0.25, 0.3) is 10.9 Å². The summed E-state index contributed by atoms with van der Waals surface area (Å²) in [6.07, 6.45) is 3.63. The summed E-state index contributed by atoms with van der Waals surface area (Å²) < 4.78 is 16.2. The molecule has 25 heavy (non-hydrogen) atoms. The molecule has 0 aliphatic carbocycles. The van der Waals surface area contributed by atoms with Gasteiger partial charge in [-0.05, 0) is 32.4 Å². The van der Waals surface area contributed by atoms with Gasteiger partial charge < -0.3 is 10.1 Å². The average Bonchev–Trinajstić information content (AvgIpc) is 3.15. The van der Waals surface area contributed by atoms with Crippen molar-refractivity contribution >= 4 is 38.9 Å². The second-order valence-electron chi connectivity index (χ2n) is 6.43. The Morgan fingerprint density at radius 1 is 1.48 bits per heavy atom. The highest BCUT2D eigenvalue weighted by atomic mass is 32.2. The van der Waals surface area contributed by atoms with E-state index in [-0.39, 0.29) is 0 Å². The van der Waals surface area contributed by atoms with Crippen molar-refractivity contribution in [1.82, 2.24) is 9.97 Å². The van der Waals surface area contributed by atoms with Gasteiger partial charge in [0, 0.05) is 18.0 Å². The van der Waals surface area contributed by atoms with Crippen LogP contribution in [0.4, 0.5) is 5.69 Å². The zero-order chi connectivity index (χ0) is 18.2. The number of hydrogen-bond donors (Lipinski definition) is 3. The number of benzene rings is 1. The zero-order valence-corrected chi connectivity index (χ0v) is 15.7. The van der Waals surface area contributed by atoms with Crippen molar-refractivity contribution in [2.45, 2.75) is 37.0 Å². The van der Waals surface area contributed by atoms with Gasteiger partial charge >= 0.3 is 0 Å². The molecule has 0 amide bonds. The number of fused-ring (bicyclic) bond motifs is 1. The minimum absolute atomic E-state index is 0.409. The SMILES string of the molecule is Cc1ccc(NS(=O)c2cnc(CC(C)(C)O)s2)c2[nH]cc(C#N)c12. The first-order chi connectivity index (χ1) is 11.8. The van der Waals surface area contributed by atoms with Crippen molar-refractivity contribution < 1.29 is 9.32 Å². The molecule has 2 aromatic heterocycles. The van der Waals surface area contributed by atoms with Crippen molar-refractivity contribution in [3.05, 3.63) is 40.7 Å². The molecule has 2 heterocycles. The number of nitrogens with one attached hydrogen (secondary N) is 2. The van der Waals surface area contributed by atoms with E-state index in [4.69, 9.17) is 0 Å². The fraction of sp³-hybridized carbons (Fsp3) is 0.294. The molecule has 1 aromatic carbocycles. The smallest absolute Gasteiger partial charge is 0.162 e. The number of thiazole rings is 1. The predicted molar refractivity (Wildman–Crippen MR) is 99.9 cm³/mol. The number of aryl methyl sites for hydroxylation is 1. The minimum atomic E-state index is -1.48. The highest BCUT2D eigenvalue weighted by Crippen LogP contribution is 2.30. The molecule has 1 unspecified atom stereocenters. The monoisotopic (exact) mass is 374 g/mol. The second-order valence-corrected chi connectivity index (χ2v) is 8.98. The molecule has 0 aliphatic heterocycles. The van der Waals surface area contributed by atoms with Gasteiger partial charge in [0.05, 0.1) is 33.6 Å². The summed E-state index contributed by atoms with van der Waals surface area (Å²) in [5.41, 5.74) is 2.11. The molecule has 0 radical (unpaired) electrons. The predicted octanol–water partition coefficient (Wildman–Crippen LogP) is 3.25. The van der Waals surface area contributed by atoms with Gasteiger partial charge in [-0.3, -0.25) is 4.72 Å². The number of aliphatic hydroxyl groups is 1. The van der Waals surface area contributed by atoms with Crippen molar-refractivity contribution in [2.24, 2.45) is 0 Å². The van der Waals surface area contributed by atoms with Crippen LogP contribution in [0.15, 0.2) is 28.7 Å². The van der Waals surface area contributed by atoms with Crippen LogP contribution in [0.1, 0.15) is 30.0 Å². The zero-order valence-electron chi connectivity index (χ0n) is 14.1. The largest absolute Gasteiger partial charge is 0.390 e. The van der Waals surface area contributed by atoms with E-state index in [9.17, 15) is 14.6 Å². The summed E-state index contributed by atoms with van der Waals surface area (Å²) in [7, 11) is -1.48. The summed E-state index contributed by atoms with van der Waals surface area (Å²) in [6.45, 7) is 5.36. The lowest BCUT2D eigenvalue weighted by atomic mass is 10.1. The maximum atomic E-state index is 12.6.